The normalized spacial score (nSPS) is 10.2. The van der Waals surface area contributed by atoms with Crippen molar-refractivity contribution in [1.29, 1.82) is 0 Å². The second-order valence-electron chi connectivity index (χ2n) is 4.65. The maximum absolute atomic E-state index is 11.9. The van der Waals surface area contributed by atoms with Gasteiger partial charge in [-0.15, -0.1) is 0 Å². The Morgan fingerprint density at radius 1 is 1.12 bits per heavy atom. The summed E-state index contributed by atoms with van der Waals surface area (Å²) in [5.74, 6) is -1.56. The van der Waals surface area contributed by atoms with Crippen molar-refractivity contribution in [3.8, 4) is 0 Å². The third kappa shape index (κ3) is 4.82. The Hall–Kier alpha value is -2.35. The molecule has 0 saturated carbocycles. The molecule has 25 heavy (non-hydrogen) atoms. The van der Waals surface area contributed by atoms with Crippen LogP contribution in [0.15, 0.2) is 36.4 Å². The van der Waals surface area contributed by atoms with Crippen molar-refractivity contribution in [3.05, 3.63) is 67.1 Å². The number of anilines is 1. The van der Waals surface area contributed by atoms with Gasteiger partial charge < -0.3 is 10.1 Å². The highest BCUT2D eigenvalue weighted by Gasteiger charge is 2.18. The van der Waals surface area contributed by atoms with Gasteiger partial charge in [0.15, 0.2) is 6.61 Å². The molecule has 2 rings (SSSR count). The molecule has 0 heterocycles. The summed E-state index contributed by atoms with van der Waals surface area (Å²) in [6, 6.07) is 8.08. The number of nitrogens with zero attached hydrogens (tertiary/aromatic N) is 1. The van der Waals surface area contributed by atoms with E-state index in [2.05, 4.69) is 5.32 Å². The Morgan fingerprint density at radius 3 is 2.52 bits per heavy atom. The number of carbonyl (C=O) groups is 2. The molecule has 0 aliphatic heterocycles. The van der Waals surface area contributed by atoms with Crippen molar-refractivity contribution in [2.75, 3.05) is 11.9 Å². The van der Waals surface area contributed by atoms with Gasteiger partial charge in [0.25, 0.3) is 11.6 Å². The molecule has 1 N–H and O–H groups in total. The van der Waals surface area contributed by atoms with E-state index in [0.29, 0.717) is 0 Å². The number of nitro groups is 1. The topological polar surface area (TPSA) is 98.5 Å². The molecule has 0 unspecified atom stereocenters. The van der Waals surface area contributed by atoms with E-state index < -0.39 is 29.1 Å². The van der Waals surface area contributed by atoms with Crippen molar-refractivity contribution < 1.29 is 19.2 Å². The van der Waals surface area contributed by atoms with Gasteiger partial charge >= 0.3 is 5.97 Å². The number of ether oxygens (including phenoxy) is 1. The lowest BCUT2D eigenvalue weighted by atomic mass is 10.2. The quantitative estimate of drug-likeness (QED) is 0.454. The van der Waals surface area contributed by atoms with Crippen LogP contribution in [0.2, 0.25) is 15.1 Å². The monoisotopic (exact) mass is 402 g/mol. The summed E-state index contributed by atoms with van der Waals surface area (Å²) in [5.41, 5.74) is -0.284. The van der Waals surface area contributed by atoms with Crippen LogP contribution in [-0.2, 0) is 9.53 Å². The first-order valence-corrected chi connectivity index (χ1v) is 7.78. The lowest BCUT2D eigenvalue weighted by molar-refractivity contribution is -0.384. The number of nitrogens with one attached hydrogen (secondary N) is 1. The molecule has 0 bridgehead atoms. The molecule has 0 aromatic heterocycles. The second-order valence-corrected chi connectivity index (χ2v) is 5.84. The van der Waals surface area contributed by atoms with Gasteiger partial charge in [0.05, 0.1) is 26.2 Å². The van der Waals surface area contributed by atoms with E-state index in [4.69, 9.17) is 39.5 Å². The first-order chi connectivity index (χ1) is 11.8. The number of carbonyl (C=O) groups excluding carboxylic acids is 2. The average Bonchev–Trinajstić information content (AvgIpc) is 2.57. The predicted octanol–water partition coefficient (Wildman–Crippen LogP) is 4.35. The second kappa shape index (κ2) is 8.15. The summed E-state index contributed by atoms with van der Waals surface area (Å²) in [6.45, 7) is -0.613. The van der Waals surface area contributed by atoms with E-state index in [0.717, 1.165) is 6.07 Å². The van der Waals surface area contributed by atoms with E-state index >= 15 is 0 Å². The summed E-state index contributed by atoms with van der Waals surface area (Å²) in [7, 11) is 0. The van der Waals surface area contributed by atoms with Gasteiger partial charge in [0, 0.05) is 6.07 Å². The van der Waals surface area contributed by atoms with Crippen LogP contribution >= 0.6 is 34.8 Å². The zero-order valence-corrected chi connectivity index (χ0v) is 14.6. The van der Waals surface area contributed by atoms with Gasteiger partial charge in [-0.3, -0.25) is 14.9 Å². The molecule has 1 amide bonds. The zero-order chi connectivity index (χ0) is 18.6. The molecule has 130 valence electrons. The minimum atomic E-state index is -0.910. The van der Waals surface area contributed by atoms with Crippen molar-refractivity contribution in [2.24, 2.45) is 0 Å². The zero-order valence-electron chi connectivity index (χ0n) is 12.3. The summed E-state index contributed by atoms with van der Waals surface area (Å²) < 4.78 is 4.81. The van der Waals surface area contributed by atoms with Crippen LogP contribution in [0.1, 0.15) is 10.4 Å². The lowest BCUT2D eigenvalue weighted by Gasteiger charge is -2.09. The number of hydrogen-bond acceptors (Lipinski definition) is 5. The molecule has 0 fully saturated rings. The van der Waals surface area contributed by atoms with Crippen LogP contribution in [0, 0.1) is 10.1 Å². The van der Waals surface area contributed by atoms with Crippen molar-refractivity contribution in [3.63, 3.8) is 0 Å². The van der Waals surface area contributed by atoms with E-state index in [9.17, 15) is 19.7 Å². The first kappa shape index (κ1) is 19.0. The Labute approximate surface area is 156 Å². The summed E-state index contributed by atoms with van der Waals surface area (Å²) in [4.78, 5) is 33.8. The van der Waals surface area contributed by atoms with Gasteiger partial charge in [0.2, 0.25) is 0 Å². The fraction of sp³-hybridized carbons (Fsp3) is 0.0667. The molecule has 2 aromatic carbocycles. The smallest absolute Gasteiger partial charge is 0.338 e. The third-order valence-corrected chi connectivity index (χ3v) is 4.08. The minimum Gasteiger partial charge on any atom is -0.452 e. The number of amides is 1. The maximum Gasteiger partial charge on any atom is 0.338 e. The minimum absolute atomic E-state index is 0.107. The fourth-order valence-electron chi connectivity index (χ4n) is 1.78. The third-order valence-electron chi connectivity index (χ3n) is 2.94. The van der Waals surface area contributed by atoms with Gasteiger partial charge in [-0.1, -0.05) is 40.9 Å². The Kier molecular flexibility index (Phi) is 6.19. The lowest BCUT2D eigenvalue weighted by Crippen LogP contribution is -2.21. The SMILES string of the molecule is O=C(COC(=O)c1ccc(Cl)c([N+](=O)[O-])c1)Nc1cccc(Cl)c1Cl. The van der Waals surface area contributed by atoms with Crippen LogP contribution in [0.4, 0.5) is 11.4 Å². The van der Waals surface area contributed by atoms with E-state index in [1.165, 1.54) is 18.2 Å². The van der Waals surface area contributed by atoms with Gasteiger partial charge in [-0.2, -0.15) is 0 Å². The number of hydrogen-bond donors (Lipinski definition) is 1. The summed E-state index contributed by atoms with van der Waals surface area (Å²) in [6.07, 6.45) is 0. The van der Waals surface area contributed by atoms with E-state index in [1.807, 2.05) is 0 Å². The molecular weight excluding hydrogens is 395 g/mol. The van der Waals surface area contributed by atoms with Crippen LogP contribution in [0.5, 0.6) is 0 Å². The maximum atomic E-state index is 11.9. The van der Waals surface area contributed by atoms with E-state index in [-0.39, 0.29) is 26.3 Å². The molecule has 0 spiro atoms. The van der Waals surface area contributed by atoms with E-state index in [1.54, 1.807) is 12.1 Å². The van der Waals surface area contributed by atoms with Crippen LogP contribution < -0.4 is 5.32 Å². The van der Waals surface area contributed by atoms with Gasteiger partial charge in [-0.05, 0) is 24.3 Å². The molecule has 2 aromatic rings. The molecule has 7 nitrogen and oxygen atoms in total. The highest BCUT2D eigenvalue weighted by Crippen LogP contribution is 2.29. The first-order valence-electron chi connectivity index (χ1n) is 6.64. The Morgan fingerprint density at radius 2 is 1.84 bits per heavy atom. The highest BCUT2D eigenvalue weighted by atomic mass is 35.5. The number of halogens is 3. The Bertz CT molecular complexity index is 857. The van der Waals surface area contributed by atoms with Crippen LogP contribution in [0.25, 0.3) is 0 Å². The van der Waals surface area contributed by atoms with Crippen molar-refractivity contribution in [1.82, 2.24) is 0 Å². The fourth-order valence-corrected chi connectivity index (χ4v) is 2.31. The molecule has 0 radical (unpaired) electrons. The molecule has 0 aliphatic carbocycles. The summed E-state index contributed by atoms with van der Waals surface area (Å²) in [5, 5.41) is 13.5. The van der Waals surface area contributed by atoms with Gasteiger partial charge in [-0.25, -0.2) is 4.79 Å². The highest BCUT2D eigenvalue weighted by molar-refractivity contribution is 6.44. The number of benzene rings is 2. The standard InChI is InChI=1S/C15H9Cl3N2O5/c16-9-5-4-8(6-12(9)20(23)24)15(22)25-7-13(21)19-11-3-1-2-10(17)14(11)18/h1-6H,7H2,(H,19,21). The van der Waals surface area contributed by atoms with Crippen molar-refractivity contribution >= 4 is 58.1 Å². The number of esters is 1. The molecular formula is C15H9Cl3N2O5. The summed E-state index contributed by atoms with van der Waals surface area (Å²) >= 11 is 17.4. The largest absolute Gasteiger partial charge is 0.452 e. The average molecular weight is 404 g/mol. The predicted molar refractivity (Wildman–Crippen MR) is 93.5 cm³/mol. The van der Waals surface area contributed by atoms with Crippen molar-refractivity contribution in [2.45, 2.75) is 0 Å². The number of rotatable bonds is 5. The number of nitro benzene ring substituents is 1. The molecule has 0 atom stereocenters. The van der Waals surface area contributed by atoms with Gasteiger partial charge in [0.1, 0.15) is 5.02 Å². The molecule has 10 heteroatoms. The molecule has 0 aliphatic rings. The van der Waals surface area contributed by atoms with Crippen LogP contribution in [-0.4, -0.2) is 23.4 Å². The van der Waals surface area contributed by atoms with Crippen LogP contribution in [0.3, 0.4) is 0 Å². The Balaban J connectivity index is 2.00. The molecule has 0 saturated heterocycles.